The van der Waals surface area contributed by atoms with E-state index in [0.29, 0.717) is 18.8 Å². The van der Waals surface area contributed by atoms with Crippen LogP contribution in [0.3, 0.4) is 0 Å². The summed E-state index contributed by atoms with van der Waals surface area (Å²) in [5, 5.41) is 2.86. The maximum Gasteiger partial charge on any atom is 0.224 e. The standard InChI is InChI=1S/C21H30FN3O2/c1-24(21(27)14-18-6-7-20(26)23-18)15-16-8-11-25(12-9-16)13-10-17-4-2-3-5-19(17)22/h2-5,16,18H,6-15H2,1H3,(H,23,26). The summed E-state index contributed by atoms with van der Waals surface area (Å²) in [7, 11) is 1.86. The second-order valence-electron chi connectivity index (χ2n) is 7.91. The normalized spacial score (nSPS) is 21.3. The minimum Gasteiger partial charge on any atom is -0.353 e. The van der Waals surface area contributed by atoms with Crippen molar-refractivity contribution in [2.45, 2.75) is 44.6 Å². The first-order valence-electron chi connectivity index (χ1n) is 10.0. The first-order valence-corrected chi connectivity index (χ1v) is 10.0. The zero-order valence-corrected chi connectivity index (χ0v) is 16.1. The number of rotatable bonds is 7. The number of amides is 2. The maximum absolute atomic E-state index is 13.7. The molecule has 2 fully saturated rings. The van der Waals surface area contributed by atoms with Gasteiger partial charge in [0.05, 0.1) is 0 Å². The molecular weight excluding hydrogens is 345 g/mol. The van der Waals surface area contributed by atoms with Gasteiger partial charge in [-0.2, -0.15) is 0 Å². The molecule has 1 N–H and O–H groups in total. The van der Waals surface area contributed by atoms with Crippen LogP contribution in [0.4, 0.5) is 4.39 Å². The van der Waals surface area contributed by atoms with Crippen molar-refractivity contribution in [3.63, 3.8) is 0 Å². The second kappa shape index (κ2) is 9.31. The van der Waals surface area contributed by atoms with Crippen LogP contribution in [0.15, 0.2) is 24.3 Å². The Labute approximate surface area is 160 Å². The number of nitrogens with one attached hydrogen (secondary N) is 1. The minimum absolute atomic E-state index is 0.00711. The summed E-state index contributed by atoms with van der Waals surface area (Å²) in [6.45, 7) is 3.66. The van der Waals surface area contributed by atoms with Crippen molar-refractivity contribution in [3.05, 3.63) is 35.6 Å². The van der Waals surface area contributed by atoms with Gasteiger partial charge in [-0.05, 0) is 56.3 Å². The Morgan fingerprint density at radius 2 is 2.00 bits per heavy atom. The van der Waals surface area contributed by atoms with E-state index >= 15 is 0 Å². The molecule has 2 amide bonds. The highest BCUT2D eigenvalue weighted by molar-refractivity contribution is 5.81. The van der Waals surface area contributed by atoms with Gasteiger partial charge in [0, 0.05) is 39.0 Å². The van der Waals surface area contributed by atoms with Gasteiger partial charge in [0.15, 0.2) is 0 Å². The minimum atomic E-state index is -0.119. The molecule has 0 aromatic heterocycles. The first kappa shape index (κ1) is 19.8. The van der Waals surface area contributed by atoms with Crippen LogP contribution in [-0.2, 0) is 16.0 Å². The lowest BCUT2D eigenvalue weighted by molar-refractivity contribution is -0.131. The molecule has 2 heterocycles. The van der Waals surface area contributed by atoms with E-state index < -0.39 is 0 Å². The van der Waals surface area contributed by atoms with Crippen molar-refractivity contribution >= 4 is 11.8 Å². The quantitative estimate of drug-likeness (QED) is 0.795. The molecule has 5 nitrogen and oxygen atoms in total. The molecule has 0 saturated carbocycles. The largest absolute Gasteiger partial charge is 0.353 e. The molecule has 1 aromatic carbocycles. The number of halogens is 1. The van der Waals surface area contributed by atoms with Gasteiger partial charge in [0.1, 0.15) is 5.82 Å². The Hall–Kier alpha value is -1.95. The zero-order chi connectivity index (χ0) is 19.2. The molecule has 2 aliphatic rings. The number of nitrogens with zero attached hydrogens (tertiary/aromatic N) is 2. The summed E-state index contributed by atoms with van der Waals surface area (Å²) < 4.78 is 13.7. The molecule has 0 aliphatic carbocycles. The van der Waals surface area contributed by atoms with Crippen LogP contribution in [0.2, 0.25) is 0 Å². The zero-order valence-electron chi connectivity index (χ0n) is 16.1. The van der Waals surface area contributed by atoms with Gasteiger partial charge in [0.25, 0.3) is 0 Å². The third-order valence-electron chi connectivity index (χ3n) is 5.83. The molecule has 6 heteroatoms. The third kappa shape index (κ3) is 5.76. The summed E-state index contributed by atoms with van der Waals surface area (Å²) in [4.78, 5) is 27.8. The SMILES string of the molecule is CN(CC1CCN(CCc2ccccc2F)CC1)C(=O)CC1CCC(=O)N1. The van der Waals surface area contributed by atoms with E-state index in [1.807, 2.05) is 24.1 Å². The lowest BCUT2D eigenvalue weighted by atomic mass is 9.95. The van der Waals surface area contributed by atoms with E-state index in [9.17, 15) is 14.0 Å². The van der Waals surface area contributed by atoms with Gasteiger partial charge in [-0.25, -0.2) is 4.39 Å². The van der Waals surface area contributed by atoms with Crippen LogP contribution < -0.4 is 5.32 Å². The number of hydrogen-bond donors (Lipinski definition) is 1. The van der Waals surface area contributed by atoms with Gasteiger partial charge in [0.2, 0.25) is 11.8 Å². The highest BCUT2D eigenvalue weighted by Gasteiger charge is 2.26. The summed E-state index contributed by atoms with van der Waals surface area (Å²) in [6.07, 6.45) is 4.57. The van der Waals surface area contributed by atoms with Crippen LogP contribution in [0.25, 0.3) is 0 Å². The highest BCUT2D eigenvalue weighted by Crippen LogP contribution is 2.20. The smallest absolute Gasteiger partial charge is 0.224 e. The van der Waals surface area contributed by atoms with Crippen molar-refractivity contribution in [1.82, 2.24) is 15.1 Å². The summed E-state index contributed by atoms with van der Waals surface area (Å²) >= 11 is 0. The lowest BCUT2D eigenvalue weighted by Gasteiger charge is -2.34. The van der Waals surface area contributed by atoms with E-state index in [-0.39, 0.29) is 23.7 Å². The van der Waals surface area contributed by atoms with Crippen molar-refractivity contribution < 1.29 is 14.0 Å². The number of piperidine rings is 1. The number of carbonyl (C=O) groups is 2. The monoisotopic (exact) mass is 375 g/mol. The Balaban J connectivity index is 1.35. The average Bonchev–Trinajstić information content (AvgIpc) is 3.07. The maximum atomic E-state index is 13.7. The van der Waals surface area contributed by atoms with Crippen LogP contribution in [0.5, 0.6) is 0 Å². The van der Waals surface area contributed by atoms with E-state index in [1.54, 1.807) is 6.07 Å². The molecule has 1 atom stereocenters. The van der Waals surface area contributed by atoms with E-state index in [0.717, 1.165) is 57.4 Å². The molecule has 2 saturated heterocycles. The summed E-state index contributed by atoms with van der Waals surface area (Å²) in [5.74, 6) is 0.565. The van der Waals surface area contributed by atoms with Gasteiger partial charge in [-0.1, -0.05) is 18.2 Å². The van der Waals surface area contributed by atoms with Crippen molar-refractivity contribution in [2.75, 3.05) is 33.2 Å². The first-order chi connectivity index (χ1) is 13.0. The molecule has 0 radical (unpaired) electrons. The van der Waals surface area contributed by atoms with E-state index in [1.165, 1.54) is 6.07 Å². The van der Waals surface area contributed by atoms with Crippen molar-refractivity contribution in [3.8, 4) is 0 Å². The highest BCUT2D eigenvalue weighted by atomic mass is 19.1. The molecule has 2 aliphatic heterocycles. The molecule has 27 heavy (non-hydrogen) atoms. The van der Waals surface area contributed by atoms with Crippen LogP contribution in [-0.4, -0.2) is 60.9 Å². The van der Waals surface area contributed by atoms with E-state index in [4.69, 9.17) is 0 Å². The summed E-state index contributed by atoms with van der Waals surface area (Å²) in [6, 6.07) is 6.99. The number of likely N-dealkylation sites (tertiary alicyclic amines) is 1. The van der Waals surface area contributed by atoms with Gasteiger partial charge < -0.3 is 15.1 Å². The number of carbonyl (C=O) groups excluding carboxylic acids is 2. The predicted octanol–water partition coefficient (Wildman–Crippen LogP) is 2.21. The van der Waals surface area contributed by atoms with Gasteiger partial charge in [-0.15, -0.1) is 0 Å². The van der Waals surface area contributed by atoms with Crippen LogP contribution in [0, 0.1) is 11.7 Å². The van der Waals surface area contributed by atoms with Gasteiger partial charge in [-0.3, -0.25) is 9.59 Å². The Kier molecular flexibility index (Phi) is 6.83. The molecule has 3 rings (SSSR count). The van der Waals surface area contributed by atoms with Crippen molar-refractivity contribution in [2.24, 2.45) is 5.92 Å². The fraction of sp³-hybridized carbons (Fsp3) is 0.619. The number of hydrogen-bond acceptors (Lipinski definition) is 3. The average molecular weight is 375 g/mol. The molecule has 1 aromatic rings. The molecule has 1 unspecified atom stereocenters. The topological polar surface area (TPSA) is 52.7 Å². The third-order valence-corrected chi connectivity index (χ3v) is 5.83. The van der Waals surface area contributed by atoms with Crippen LogP contribution >= 0.6 is 0 Å². The lowest BCUT2D eigenvalue weighted by Crippen LogP contribution is -2.41. The van der Waals surface area contributed by atoms with Crippen molar-refractivity contribution in [1.29, 1.82) is 0 Å². The Morgan fingerprint density at radius 3 is 2.67 bits per heavy atom. The fourth-order valence-corrected chi connectivity index (χ4v) is 4.06. The Bertz CT molecular complexity index is 659. The molecule has 148 valence electrons. The predicted molar refractivity (Wildman–Crippen MR) is 103 cm³/mol. The number of benzene rings is 1. The summed E-state index contributed by atoms with van der Waals surface area (Å²) in [5.41, 5.74) is 0.781. The van der Waals surface area contributed by atoms with Gasteiger partial charge >= 0.3 is 0 Å². The Morgan fingerprint density at radius 1 is 1.26 bits per heavy atom. The fourth-order valence-electron chi connectivity index (χ4n) is 4.06. The molecule has 0 spiro atoms. The van der Waals surface area contributed by atoms with Crippen LogP contribution in [0.1, 0.15) is 37.7 Å². The molecular formula is C21H30FN3O2. The second-order valence-corrected chi connectivity index (χ2v) is 7.91. The van der Waals surface area contributed by atoms with E-state index in [2.05, 4.69) is 10.2 Å². The molecule has 0 bridgehead atoms.